The molecule has 0 aliphatic carbocycles. The van der Waals surface area contributed by atoms with Gasteiger partial charge in [-0.05, 0) is 77.4 Å². The van der Waals surface area contributed by atoms with Crippen LogP contribution < -0.4 is 36.6 Å². The van der Waals surface area contributed by atoms with Gasteiger partial charge in [-0.25, -0.2) is 0 Å². The summed E-state index contributed by atoms with van der Waals surface area (Å²) in [4.78, 5) is 5.00. The van der Waals surface area contributed by atoms with E-state index in [1.807, 2.05) is 0 Å². The van der Waals surface area contributed by atoms with Crippen molar-refractivity contribution in [1.82, 2.24) is 0 Å². The van der Waals surface area contributed by atoms with Gasteiger partial charge in [0.1, 0.15) is 0 Å². The van der Waals surface area contributed by atoms with Crippen LogP contribution in [0.15, 0.2) is 109 Å². The first-order valence-corrected chi connectivity index (χ1v) is 19.2. The molecule has 40 heavy (non-hydrogen) atoms. The molecule has 0 aromatic heterocycles. The molecule has 2 nitrogen and oxygen atoms in total. The van der Waals surface area contributed by atoms with Gasteiger partial charge in [0.2, 0.25) is 0 Å². The summed E-state index contributed by atoms with van der Waals surface area (Å²) in [5.74, 6) is 0. The first-order valence-electron chi connectivity index (χ1n) is 14.2. The molecule has 2 aliphatic rings. The molecule has 2 aliphatic heterocycles. The number of rotatable bonds is 4. The molecule has 5 heteroatoms. The van der Waals surface area contributed by atoms with Gasteiger partial charge in [0, 0.05) is 34.1 Å². The molecule has 2 heterocycles. The lowest BCUT2D eigenvalue weighted by Crippen LogP contribution is -2.62. The van der Waals surface area contributed by atoms with E-state index in [0.717, 1.165) is 0 Å². The van der Waals surface area contributed by atoms with Crippen LogP contribution >= 0.6 is 0 Å². The van der Waals surface area contributed by atoms with Crippen LogP contribution in [0.5, 0.6) is 0 Å². The van der Waals surface area contributed by atoms with Crippen molar-refractivity contribution in [3.8, 4) is 0 Å². The topological polar surface area (TPSA) is 6.48 Å². The second kappa shape index (κ2) is 9.68. The zero-order valence-corrected chi connectivity index (χ0v) is 25.9. The van der Waals surface area contributed by atoms with Crippen molar-refractivity contribution in [2.75, 3.05) is 9.80 Å². The Morgan fingerprint density at radius 3 is 1.70 bits per heavy atom. The molecular weight excluding hydrogens is 515 g/mol. The fourth-order valence-corrected chi connectivity index (χ4v) is 8.17. The van der Waals surface area contributed by atoms with Crippen LogP contribution in [0.2, 0.25) is 26.2 Å². The minimum Gasteiger partial charge on any atom is -0.311 e. The number of aryl methyl sites for hydroxylation is 1. The Hall–Kier alpha value is -3.80. The van der Waals surface area contributed by atoms with Crippen LogP contribution in [0.3, 0.4) is 0 Å². The summed E-state index contributed by atoms with van der Waals surface area (Å²) in [6.45, 7) is 12.0. The number of nitrogens with zero attached hydrogens (tertiary/aromatic N) is 2. The zero-order chi connectivity index (χ0) is 27.5. The van der Waals surface area contributed by atoms with Gasteiger partial charge in [-0.2, -0.15) is 0 Å². The first kappa shape index (κ1) is 25.2. The molecule has 0 atom stereocenters. The van der Waals surface area contributed by atoms with Crippen LogP contribution in [0.4, 0.5) is 34.1 Å². The predicted molar refractivity (Wildman–Crippen MR) is 179 cm³/mol. The standard InChI is InChI=1S/C35H33BN2Si2/c1-24-21-33-35-34(22-24)38(26-15-17-27(18-16-26)39(2)3)32-20-19-28(40(4)5)23-30(32)36(35)29-13-9-10-14-31(29)37(33)25-11-7-6-8-12-25/h6-23H,1-5H3. The molecule has 7 rings (SSSR count). The van der Waals surface area contributed by atoms with Crippen LogP contribution in [-0.4, -0.2) is 24.3 Å². The lowest BCUT2D eigenvalue weighted by atomic mass is 9.33. The van der Waals surface area contributed by atoms with Gasteiger partial charge in [-0.1, -0.05) is 97.2 Å². The van der Waals surface area contributed by atoms with Crippen LogP contribution in [0.25, 0.3) is 0 Å². The third-order valence-electron chi connectivity index (χ3n) is 8.41. The smallest absolute Gasteiger partial charge is 0.252 e. The molecule has 0 saturated carbocycles. The highest BCUT2D eigenvalue weighted by molar-refractivity contribution is 7.00. The van der Waals surface area contributed by atoms with E-state index in [2.05, 4.69) is 152 Å². The Morgan fingerprint density at radius 2 is 1.05 bits per heavy atom. The van der Waals surface area contributed by atoms with Gasteiger partial charge in [0.15, 0.2) is 0 Å². The second-order valence-corrected chi connectivity index (χ2v) is 16.7. The van der Waals surface area contributed by atoms with Crippen molar-refractivity contribution in [2.45, 2.75) is 33.1 Å². The highest BCUT2D eigenvalue weighted by atomic mass is 28.3. The maximum atomic E-state index is 2.53. The summed E-state index contributed by atoms with van der Waals surface area (Å²) >= 11 is 0. The van der Waals surface area contributed by atoms with E-state index in [1.54, 1.807) is 0 Å². The molecule has 2 radical (unpaired) electrons. The van der Waals surface area contributed by atoms with Gasteiger partial charge in [0.05, 0.1) is 17.6 Å². The maximum Gasteiger partial charge on any atom is 0.252 e. The van der Waals surface area contributed by atoms with Crippen molar-refractivity contribution < 1.29 is 0 Å². The number of fused-ring (bicyclic) bond motifs is 4. The van der Waals surface area contributed by atoms with E-state index in [4.69, 9.17) is 0 Å². The van der Waals surface area contributed by atoms with Gasteiger partial charge in [0.25, 0.3) is 6.71 Å². The normalized spacial score (nSPS) is 13.4. The lowest BCUT2D eigenvalue weighted by molar-refractivity contribution is 1.24. The number of hydrogen-bond donors (Lipinski definition) is 0. The molecule has 0 N–H and O–H groups in total. The Kier molecular flexibility index (Phi) is 6.10. The number of benzene rings is 5. The second-order valence-electron chi connectivity index (χ2n) is 11.5. The molecule has 0 spiro atoms. The highest BCUT2D eigenvalue weighted by Gasteiger charge is 2.43. The summed E-state index contributed by atoms with van der Waals surface area (Å²) in [7, 11) is -1.11. The van der Waals surface area contributed by atoms with Crippen molar-refractivity contribution in [2.24, 2.45) is 0 Å². The summed E-state index contributed by atoms with van der Waals surface area (Å²) in [6, 6.07) is 41.3. The zero-order valence-electron chi connectivity index (χ0n) is 23.9. The van der Waals surface area contributed by atoms with E-state index in [0.29, 0.717) is 0 Å². The van der Waals surface area contributed by atoms with Crippen LogP contribution in [0, 0.1) is 6.92 Å². The minimum atomic E-state index is -0.603. The number of hydrogen-bond acceptors (Lipinski definition) is 2. The fourth-order valence-electron chi connectivity index (χ4n) is 6.48. The quantitative estimate of drug-likeness (QED) is 0.249. The van der Waals surface area contributed by atoms with Gasteiger partial charge in [-0.3, -0.25) is 0 Å². The largest absolute Gasteiger partial charge is 0.311 e. The van der Waals surface area contributed by atoms with E-state index in [-0.39, 0.29) is 6.71 Å². The van der Waals surface area contributed by atoms with Gasteiger partial charge in [-0.15, -0.1) is 0 Å². The van der Waals surface area contributed by atoms with Crippen molar-refractivity contribution in [1.29, 1.82) is 0 Å². The average Bonchev–Trinajstić information content (AvgIpc) is 2.97. The SMILES string of the molecule is Cc1cc2c3c(c1)N(c1ccc([Si](C)C)cc1)c1ccc([Si](C)C)cc1B3c1ccccc1N2c1ccccc1. The maximum absolute atomic E-state index is 2.53. The molecule has 194 valence electrons. The van der Waals surface area contributed by atoms with Crippen LogP contribution in [-0.2, 0) is 0 Å². The first-order chi connectivity index (χ1) is 19.4. The third-order valence-corrected chi connectivity index (χ3v) is 11.4. The van der Waals surface area contributed by atoms with E-state index >= 15 is 0 Å². The minimum absolute atomic E-state index is 0.190. The van der Waals surface area contributed by atoms with Crippen molar-refractivity contribution in [3.05, 3.63) is 115 Å². The summed E-state index contributed by atoms with van der Waals surface area (Å²) in [5, 5.41) is 2.96. The number of anilines is 6. The summed E-state index contributed by atoms with van der Waals surface area (Å²) in [6.07, 6.45) is 0. The Labute approximate surface area is 242 Å². The monoisotopic (exact) mass is 548 g/mol. The molecule has 5 aromatic carbocycles. The van der Waals surface area contributed by atoms with Crippen LogP contribution in [0.1, 0.15) is 5.56 Å². The Balaban J connectivity index is 1.56. The average molecular weight is 549 g/mol. The molecule has 0 bridgehead atoms. The Morgan fingerprint density at radius 1 is 0.500 bits per heavy atom. The molecule has 5 aromatic rings. The van der Waals surface area contributed by atoms with E-state index in [9.17, 15) is 0 Å². The van der Waals surface area contributed by atoms with E-state index < -0.39 is 17.6 Å². The molecule has 0 fully saturated rings. The van der Waals surface area contributed by atoms with Gasteiger partial charge < -0.3 is 9.80 Å². The predicted octanol–water partition coefficient (Wildman–Crippen LogP) is 6.00. The molecule has 0 amide bonds. The van der Waals surface area contributed by atoms with Crippen molar-refractivity contribution >= 4 is 85.2 Å². The summed E-state index contributed by atoms with van der Waals surface area (Å²) < 4.78 is 0. The summed E-state index contributed by atoms with van der Waals surface area (Å²) in [5.41, 5.74) is 13.1. The van der Waals surface area contributed by atoms with E-state index in [1.165, 1.54) is 66.4 Å². The lowest BCUT2D eigenvalue weighted by Gasteiger charge is -2.44. The Bertz CT molecular complexity index is 1730. The van der Waals surface area contributed by atoms with Gasteiger partial charge >= 0.3 is 0 Å². The molecule has 0 unspecified atom stereocenters. The molecular formula is C35H33BN2Si2. The highest BCUT2D eigenvalue weighted by Crippen LogP contribution is 2.43. The molecule has 0 saturated heterocycles. The third kappa shape index (κ3) is 3.91. The number of para-hydroxylation sites is 2. The fraction of sp³-hybridized carbons (Fsp3) is 0.143. The van der Waals surface area contributed by atoms with Crippen molar-refractivity contribution in [3.63, 3.8) is 0 Å².